The number of amides is 3. The van der Waals surface area contributed by atoms with Gasteiger partial charge in [-0.3, -0.25) is 10.1 Å². The highest BCUT2D eigenvalue weighted by Crippen LogP contribution is 2.11. The van der Waals surface area contributed by atoms with Crippen LogP contribution in [-0.2, 0) is 4.79 Å². The van der Waals surface area contributed by atoms with Gasteiger partial charge in [-0.25, -0.2) is 4.79 Å². The fraction of sp³-hybridized carbons (Fsp3) is 0.818. The fourth-order valence-corrected chi connectivity index (χ4v) is 1.63. The average Bonchev–Trinajstić information content (AvgIpc) is 2.16. The van der Waals surface area contributed by atoms with Crippen LogP contribution >= 0.6 is 0 Å². The van der Waals surface area contributed by atoms with Gasteiger partial charge in [0.1, 0.15) is 0 Å². The molecule has 1 atom stereocenters. The largest absolute Gasteiger partial charge is 0.341 e. The van der Waals surface area contributed by atoms with Gasteiger partial charge in [-0.15, -0.1) is 0 Å². The summed E-state index contributed by atoms with van der Waals surface area (Å²) in [6.07, 6.45) is 2.02. The summed E-state index contributed by atoms with van der Waals surface area (Å²) in [4.78, 5) is 22.5. The van der Waals surface area contributed by atoms with Crippen molar-refractivity contribution >= 4 is 11.9 Å². The lowest BCUT2D eigenvalue weighted by atomic mass is 9.98. The summed E-state index contributed by atoms with van der Waals surface area (Å²) >= 11 is 0. The molecule has 16 heavy (non-hydrogen) atoms. The van der Waals surface area contributed by atoms with E-state index in [-0.39, 0.29) is 17.5 Å². The Labute approximate surface area is 97.4 Å². The van der Waals surface area contributed by atoms with Crippen molar-refractivity contribution in [1.82, 2.24) is 16.0 Å². The summed E-state index contributed by atoms with van der Waals surface area (Å²) in [5.41, 5.74) is -0.103. The van der Waals surface area contributed by atoms with Gasteiger partial charge < -0.3 is 10.6 Å². The first-order chi connectivity index (χ1) is 7.32. The van der Waals surface area contributed by atoms with Crippen LogP contribution in [0.5, 0.6) is 0 Å². The lowest BCUT2D eigenvalue weighted by molar-refractivity contribution is -0.122. The maximum atomic E-state index is 11.6. The monoisotopic (exact) mass is 229 g/mol. The molecule has 0 aliphatic rings. The van der Waals surface area contributed by atoms with Crippen LogP contribution in [0.1, 0.15) is 40.5 Å². The van der Waals surface area contributed by atoms with Crippen molar-refractivity contribution in [2.24, 2.45) is 0 Å². The molecule has 0 saturated heterocycles. The van der Waals surface area contributed by atoms with E-state index in [0.29, 0.717) is 0 Å². The van der Waals surface area contributed by atoms with Crippen LogP contribution in [0.4, 0.5) is 4.79 Å². The Hall–Kier alpha value is -1.10. The van der Waals surface area contributed by atoms with Gasteiger partial charge in [0, 0.05) is 12.6 Å². The SMILES string of the molecule is CCCC(C)(C)NC(C)C(=O)NC(=O)NC. The number of imide groups is 1. The van der Waals surface area contributed by atoms with Crippen LogP contribution in [0, 0.1) is 0 Å². The number of carbonyl (C=O) groups is 2. The Morgan fingerprint density at radius 3 is 2.31 bits per heavy atom. The average molecular weight is 229 g/mol. The van der Waals surface area contributed by atoms with E-state index in [1.54, 1.807) is 6.92 Å². The number of hydrogen-bond acceptors (Lipinski definition) is 3. The van der Waals surface area contributed by atoms with Gasteiger partial charge in [-0.2, -0.15) is 0 Å². The molecule has 0 aromatic heterocycles. The molecule has 5 nitrogen and oxygen atoms in total. The standard InChI is InChI=1S/C11H23N3O2/c1-6-7-11(3,4)14-8(2)9(15)13-10(16)12-5/h8,14H,6-7H2,1-5H3,(H2,12,13,15,16). The normalized spacial score (nSPS) is 13.1. The predicted octanol–water partition coefficient (Wildman–Crippen LogP) is 0.999. The van der Waals surface area contributed by atoms with Crippen LogP contribution in [0.25, 0.3) is 0 Å². The first-order valence-electron chi connectivity index (χ1n) is 5.62. The van der Waals surface area contributed by atoms with Gasteiger partial charge in [0.15, 0.2) is 0 Å². The highest BCUT2D eigenvalue weighted by Gasteiger charge is 2.23. The highest BCUT2D eigenvalue weighted by atomic mass is 16.2. The van der Waals surface area contributed by atoms with E-state index in [4.69, 9.17) is 0 Å². The summed E-state index contributed by atoms with van der Waals surface area (Å²) in [6.45, 7) is 7.93. The van der Waals surface area contributed by atoms with E-state index in [0.717, 1.165) is 12.8 Å². The van der Waals surface area contributed by atoms with Crippen LogP contribution in [0.3, 0.4) is 0 Å². The zero-order valence-corrected chi connectivity index (χ0v) is 10.8. The first kappa shape index (κ1) is 14.9. The molecule has 0 radical (unpaired) electrons. The smallest absolute Gasteiger partial charge is 0.321 e. The molecule has 1 unspecified atom stereocenters. The van der Waals surface area contributed by atoms with Crippen LogP contribution in [0.2, 0.25) is 0 Å². The molecule has 94 valence electrons. The first-order valence-corrected chi connectivity index (χ1v) is 5.62. The Morgan fingerprint density at radius 1 is 1.31 bits per heavy atom. The molecule has 0 aromatic rings. The van der Waals surface area contributed by atoms with E-state index >= 15 is 0 Å². The summed E-state index contributed by atoms with van der Waals surface area (Å²) in [5.74, 6) is -0.316. The molecule has 3 amide bonds. The van der Waals surface area contributed by atoms with Crippen molar-refractivity contribution in [3.63, 3.8) is 0 Å². The van der Waals surface area contributed by atoms with Crippen molar-refractivity contribution in [3.05, 3.63) is 0 Å². The van der Waals surface area contributed by atoms with Gasteiger partial charge in [0.05, 0.1) is 6.04 Å². The van der Waals surface area contributed by atoms with E-state index in [1.807, 2.05) is 13.8 Å². The van der Waals surface area contributed by atoms with Crippen molar-refractivity contribution in [1.29, 1.82) is 0 Å². The van der Waals surface area contributed by atoms with Gasteiger partial charge in [-0.05, 0) is 27.2 Å². The Kier molecular flexibility index (Phi) is 6.03. The van der Waals surface area contributed by atoms with E-state index in [9.17, 15) is 9.59 Å². The van der Waals surface area contributed by atoms with Crippen LogP contribution < -0.4 is 16.0 Å². The zero-order valence-electron chi connectivity index (χ0n) is 10.8. The Bertz CT molecular complexity index is 252. The molecular weight excluding hydrogens is 206 g/mol. The van der Waals surface area contributed by atoms with Crippen molar-refractivity contribution < 1.29 is 9.59 Å². The molecule has 0 rings (SSSR count). The molecule has 0 aromatic carbocycles. The topological polar surface area (TPSA) is 70.2 Å². The number of urea groups is 1. The highest BCUT2D eigenvalue weighted by molar-refractivity contribution is 5.96. The molecule has 0 fully saturated rings. The van der Waals surface area contributed by atoms with Gasteiger partial charge in [0.2, 0.25) is 5.91 Å². The van der Waals surface area contributed by atoms with Crippen LogP contribution in [-0.4, -0.2) is 30.6 Å². The molecule has 3 N–H and O–H groups in total. The third kappa shape index (κ3) is 5.70. The fourth-order valence-electron chi connectivity index (χ4n) is 1.63. The lowest BCUT2D eigenvalue weighted by Gasteiger charge is -2.29. The second kappa shape index (κ2) is 6.48. The second-order valence-electron chi connectivity index (χ2n) is 4.57. The van der Waals surface area contributed by atoms with Gasteiger partial charge in [0.25, 0.3) is 0 Å². The molecule has 0 bridgehead atoms. The maximum Gasteiger partial charge on any atom is 0.321 e. The van der Waals surface area contributed by atoms with Gasteiger partial charge >= 0.3 is 6.03 Å². The Balaban J connectivity index is 4.19. The number of rotatable bonds is 5. The van der Waals surface area contributed by atoms with Gasteiger partial charge in [-0.1, -0.05) is 13.3 Å². The molecule has 0 spiro atoms. The van der Waals surface area contributed by atoms with E-state index < -0.39 is 6.03 Å². The van der Waals surface area contributed by atoms with E-state index in [1.165, 1.54) is 7.05 Å². The van der Waals surface area contributed by atoms with Crippen molar-refractivity contribution in [2.45, 2.75) is 52.1 Å². The summed E-state index contributed by atoms with van der Waals surface area (Å²) in [6, 6.07) is -0.870. The number of hydrogen-bond donors (Lipinski definition) is 3. The second-order valence-corrected chi connectivity index (χ2v) is 4.57. The van der Waals surface area contributed by atoms with E-state index in [2.05, 4.69) is 22.9 Å². The number of carbonyl (C=O) groups excluding carboxylic acids is 2. The molecule has 0 saturated carbocycles. The zero-order chi connectivity index (χ0) is 12.8. The third-order valence-electron chi connectivity index (χ3n) is 2.34. The molecule has 5 heteroatoms. The van der Waals surface area contributed by atoms with Crippen molar-refractivity contribution in [3.8, 4) is 0 Å². The van der Waals surface area contributed by atoms with Crippen molar-refractivity contribution in [2.75, 3.05) is 7.05 Å². The minimum atomic E-state index is -0.480. The summed E-state index contributed by atoms with van der Waals surface area (Å²) < 4.78 is 0. The maximum absolute atomic E-state index is 11.6. The lowest BCUT2D eigenvalue weighted by Crippen LogP contribution is -2.53. The molecule has 0 heterocycles. The minimum Gasteiger partial charge on any atom is -0.341 e. The number of nitrogens with one attached hydrogen (secondary N) is 3. The molecule has 0 aliphatic carbocycles. The summed E-state index contributed by atoms with van der Waals surface area (Å²) in [7, 11) is 1.47. The Morgan fingerprint density at radius 2 is 1.88 bits per heavy atom. The quantitative estimate of drug-likeness (QED) is 0.658. The molecular formula is C11H23N3O2. The summed E-state index contributed by atoms with van der Waals surface area (Å²) in [5, 5.41) is 7.78. The predicted molar refractivity (Wildman–Crippen MR) is 64.2 cm³/mol. The minimum absolute atomic E-state index is 0.103. The third-order valence-corrected chi connectivity index (χ3v) is 2.34. The molecule has 0 aliphatic heterocycles. The van der Waals surface area contributed by atoms with Crippen LogP contribution in [0.15, 0.2) is 0 Å².